The first kappa shape index (κ1) is 20.9. The summed E-state index contributed by atoms with van der Waals surface area (Å²) in [6.45, 7) is 0.867. The van der Waals surface area contributed by atoms with E-state index in [4.69, 9.17) is 4.74 Å². The van der Waals surface area contributed by atoms with Crippen LogP contribution in [0, 0.1) is 17.5 Å². The average Bonchev–Trinajstić information content (AvgIpc) is 3.31. The van der Waals surface area contributed by atoms with Gasteiger partial charge in [-0.05, 0) is 85.6 Å². The van der Waals surface area contributed by atoms with Crippen molar-refractivity contribution in [3.8, 4) is 11.5 Å². The van der Waals surface area contributed by atoms with Crippen LogP contribution < -0.4 is 15.0 Å². The lowest BCUT2D eigenvalue weighted by atomic mass is 10.1. The third-order valence-corrected chi connectivity index (χ3v) is 5.15. The van der Waals surface area contributed by atoms with Gasteiger partial charge in [0.1, 0.15) is 17.3 Å². The molecule has 1 heterocycles. The number of carbonyl (C=O) groups is 1. The molecule has 1 saturated heterocycles. The summed E-state index contributed by atoms with van der Waals surface area (Å²) in [5.74, 6) is -1.36. The lowest BCUT2D eigenvalue weighted by molar-refractivity contribution is -0.120. The molecule has 1 atom stereocenters. The molecular formula is C24H21F3N2O2. The Hall–Kier alpha value is -3.32. The van der Waals surface area contributed by atoms with Gasteiger partial charge in [-0.25, -0.2) is 13.2 Å². The summed E-state index contributed by atoms with van der Waals surface area (Å²) in [7, 11) is 0. The third kappa shape index (κ3) is 5.06. The topological polar surface area (TPSA) is 41.6 Å². The van der Waals surface area contributed by atoms with Crippen LogP contribution in [0.2, 0.25) is 0 Å². The van der Waals surface area contributed by atoms with Crippen LogP contribution in [0.25, 0.3) is 0 Å². The highest BCUT2D eigenvalue weighted by atomic mass is 19.2. The van der Waals surface area contributed by atoms with Gasteiger partial charge in [-0.3, -0.25) is 4.79 Å². The summed E-state index contributed by atoms with van der Waals surface area (Å²) in [5.41, 5.74) is 1.09. The van der Waals surface area contributed by atoms with Crippen LogP contribution in [-0.2, 0) is 11.3 Å². The molecule has 4 rings (SSSR count). The first-order valence-electron chi connectivity index (χ1n) is 10.0. The first-order valence-corrected chi connectivity index (χ1v) is 10.0. The van der Waals surface area contributed by atoms with E-state index in [-0.39, 0.29) is 24.3 Å². The number of nitrogens with zero attached hydrogens (tertiary/aromatic N) is 1. The van der Waals surface area contributed by atoms with E-state index in [1.807, 2.05) is 0 Å². The second kappa shape index (κ2) is 9.22. The minimum atomic E-state index is -0.952. The van der Waals surface area contributed by atoms with Crippen LogP contribution >= 0.6 is 0 Å². The van der Waals surface area contributed by atoms with Crippen LogP contribution in [0.4, 0.5) is 18.9 Å². The minimum Gasteiger partial charge on any atom is -0.457 e. The fourth-order valence-corrected chi connectivity index (χ4v) is 3.53. The van der Waals surface area contributed by atoms with Crippen molar-refractivity contribution in [1.82, 2.24) is 5.32 Å². The van der Waals surface area contributed by atoms with E-state index in [9.17, 15) is 18.0 Å². The van der Waals surface area contributed by atoms with Crippen molar-refractivity contribution in [1.29, 1.82) is 0 Å². The van der Waals surface area contributed by atoms with Crippen LogP contribution in [-0.4, -0.2) is 18.5 Å². The number of anilines is 1. The molecule has 0 aliphatic carbocycles. The summed E-state index contributed by atoms with van der Waals surface area (Å²) in [5, 5.41) is 3.18. The zero-order chi connectivity index (χ0) is 21.8. The highest BCUT2D eigenvalue weighted by Crippen LogP contribution is 2.27. The summed E-state index contributed by atoms with van der Waals surface area (Å²) in [4.78, 5) is 14.7. The van der Waals surface area contributed by atoms with Crippen molar-refractivity contribution in [2.45, 2.75) is 25.4 Å². The Morgan fingerprint density at radius 3 is 2.23 bits per heavy atom. The van der Waals surface area contributed by atoms with Gasteiger partial charge in [-0.2, -0.15) is 0 Å². The number of carbonyl (C=O) groups excluding carboxylic acids is 1. The highest BCUT2D eigenvalue weighted by molar-refractivity contribution is 5.97. The molecule has 0 aromatic heterocycles. The number of hydrogen-bond donors (Lipinski definition) is 1. The molecule has 3 aromatic rings. The Labute approximate surface area is 178 Å². The van der Waals surface area contributed by atoms with E-state index in [1.165, 1.54) is 30.3 Å². The molecule has 160 valence electrons. The summed E-state index contributed by atoms with van der Waals surface area (Å²) < 4.78 is 45.8. The van der Waals surface area contributed by atoms with E-state index in [2.05, 4.69) is 5.32 Å². The van der Waals surface area contributed by atoms with Gasteiger partial charge in [0.15, 0.2) is 11.6 Å². The molecule has 0 radical (unpaired) electrons. The van der Waals surface area contributed by atoms with Crippen molar-refractivity contribution < 1.29 is 22.7 Å². The predicted molar refractivity (Wildman–Crippen MR) is 111 cm³/mol. The fourth-order valence-electron chi connectivity index (χ4n) is 3.53. The molecule has 1 aliphatic rings. The van der Waals surface area contributed by atoms with Crippen molar-refractivity contribution >= 4 is 11.6 Å². The number of halogens is 3. The maximum atomic E-state index is 13.7. The zero-order valence-electron chi connectivity index (χ0n) is 16.7. The molecule has 0 spiro atoms. The Bertz CT molecular complexity index is 1050. The van der Waals surface area contributed by atoms with Gasteiger partial charge >= 0.3 is 0 Å². The van der Waals surface area contributed by atoms with Crippen LogP contribution in [0.5, 0.6) is 11.5 Å². The summed E-state index contributed by atoms with van der Waals surface area (Å²) >= 11 is 0. The molecule has 1 N–H and O–H groups in total. The van der Waals surface area contributed by atoms with Gasteiger partial charge in [0.2, 0.25) is 5.91 Å². The monoisotopic (exact) mass is 426 g/mol. The van der Waals surface area contributed by atoms with Crippen molar-refractivity contribution in [3.63, 3.8) is 0 Å². The van der Waals surface area contributed by atoms with Gasteiger partial charge in [-0.15, -0.1) is 0 Å². The Morgan fingerprint density at radius 2 is 1.61 bits per heavy atom. The standard InChI is InChI=1S/C24H21F3N2O2/c25-17-4-8-19(9-5-17)31-20-10-6-18(7-11-20)29(24(30)23-2-1-13-28-23)15-16-3-12-21(26)22(27)14-16/h3-12,14,23,28H,1-2,13,15H2. The quantitative estimate of drug-likeness (QED) is 0.591. The molecule has 0 bridgehead atoms. The lowest BCUT2D eigenvalue weighted by Gasteiger charge is -2.26. The van der Waals surface area contributed by atoms with Gasteiger partial charge in [0.25, 0.3) is 0 Å². The Morgan fingerprint density at radius 1 is 0.935 bits per heavy atom. The number of benzene rings is 3. The number of rotatable bonds is 6. The Balaban J connectivity index is 1.56. The largest absolute Gasteiger partial charge is 0.457 e. The molecule has 4 nitrogen and oxygen atoms in total. The number of amides is 1. The van der Waals surface area contributed by atoms with Crippen molar-refractivity contribution in [2.75, 3.05) is 11.4 Å². The second-order valence-electron chi connectivity index (χ2n) is 7.37. The minimum absolute atomic E-state index is 0.104. The lowest BCUT2D eigenvalue weighted by Crippen LogP contribution is -2.43. The Kier molecular flexibility index (Phi) is 6.23. The molecule has 1 aliphatic heterocycles. The van der Waals surface area contributed by atoms with Gasteiger partial charge in [-0.1, -0.05) is 6.07 Å². The molecule has 3 aromatic carbocycles. The number of nitrogens with one attached hydrogen (secondary N) is 1. The van der Waals surface area contributed by atoms with Crippen molar-refractivity contribution in [2.24, 2.45) is 0 Å². The van der Waals surface area contributed by atoms with Crippen LogP contribution in [0.15, 0.2) is 66.7 Å². The highest BCUT2D eigenvalue weighted by Gasteiger charge is 2.28. The molecule has 0 saturated carbocycles. The molecule has 31 heavy (non-hydrogen) atoms. The summed E-state index contributed by atoms with van der Waals surface area (Å²) in [6.07, 6.45) is 1.62. The maximum absolute atomic E-state index is 13.7. The summed E-state index contributed by atoms with van der Waals surface area (Å²) in [6, 6.07) is 15.8. The first-order chi connectivity index (χ1) is 15.0. The number of hydrogen-bond acceptors (Lipinski definition) is 3. The molecule has 1 amide bonds. The molecule has 7 heteroatoms. The normalized spacial score (nSPS) is 15.6. The van der Waals surface area contributed by atoms with Crippen molar-refractivity contribution in [3.05, 3.63) is 89.7 Å². The maximum Gasteiger partial charge on any atom is 0.244 e. The van der Waals surface area contributed by atoms with E-state index in [0.29, 0.717) is 22.7 Å². The van der Waals surface area contributed by atoms with E-state index >= 15 is 0 Å². The fraction of sp³-hybridized carbons (Fsp3) is 0.208. The molecular weight excluding hydrogens is 405 g/mol. The van der Waals surface area contributed by atoms with E-state index in [1.54, 1.807) is 29.2 Å². The molecule has 1 fully saturated rings. The predicted octanol–water partition coefficient (Wildman–Crippen LogP) is 5.18. The van der Waals surface area contributed by atoms with Gasteiger partial charge in [0, 0.05) is 5.69 Å². The number of ether oxygens (including phenoxy) is 1. The van der Waals surface area contributed by atoms with Gasteiger partial charge in [0.05, 0.1) is 12.6 Å². The third-order valence-electron chi connectivity index (χ3n) is 5.15. The smallest absolute Gasteiger partial charge is 0.244 e. The van der Waals surface area contributed by atoms with Crippen LogP contribution in [0.3, 0.4) is 0 Å². The SMILES string of the molecule is O=C(C1CCCN1)N(Cc1ccc(F)c(F)c1)c1ccc(Oc2ccc(F)cc2)cc1. The molecule has 1 unspecified atom stereocenters. The second-order valence-corrected chi connectivity index (χ2v) is 7.37. The van der Waals surface area contributed by atoms with Crippen LogP contribution in [0.1, 0.15) is 18.4 Å². The van der Waals surface area contributed by atoms with E-state index < -0.39 is 11.6 Å². The zero-order valence-corrected chi connectivity index (χ0v) is 16.7. The van der Waals surface area contributed by atoms with E-state index in [0.717, 1.165) is 31.5 Å². The van der Waals surface area contributed by atoms with Gasteiger partial charge < -0.3 is 15.0 Å². The average molecular weight is 426 g/mol.